The first-order chi connectivity index (χ1) is 8.11. The van der Waals surface area contributed by atoms with Crippen LogP contribution in [-0.4, -0.2) is 18.9 Å². The molecule has 0 heterocycles. The largest absolute Gasteiger partial charge is 0.469 e. The first-order valence-corrected chi connectivity index (χ1v) is 6.69. The number of ketones is 1. The van der Waals surface area contributed by atoms with E-state index in [2.05, 4.69) is 11.7 Å². The van der Waals surface area contributed by atoms with Crippen LogP contribution in [0.5, 0.6) is 0 Å². The molecular formula is C14H26O3. The number of carbonyl (C=O) groups excluding carboxylic acids is 2. The van der Waals surface area contributed by atoms with Gasteiger partial charge in [0.2, 0.25) is 0 Å². The van der Waals surface area contributed by atoms with Crippen molar-refractivity contribution in [3.05, 3.63) is 0 Å². The Morgan fingerprint density at radius 3 is 2.18 bits per heavy atom. The van der Waals surface area contributed by atoms with Gasteiger partial charge < -0.3 is 4.74 Å². The summed E-state index contributed by atoms with van der Waals surface area (Å²) in [5, 5.41) is 0. The summed E-state index contributed by atoms with van der Waals surface area (Å²) in [5.41, 5.74) is 0. The van der Waals surface area contributed by atoms with Gasteiger partial charge in [0, 0.05) is 5.92 Å². The topological polar surface area (TPSA) is 43.4 Å². The van der Waals surface area contributed by atoms with E-state index in [4.69, 9.17) is 0 Å². The fraction of sp³-hybridized carbons (Fsp3) is 0.857. The number of Topliss-reactive ketones (excluding diaryl/α,β-unsaturated/α-hetero) is 1. The van der Waals surface area contributed by atoms with Crippen LogP contribution in [-0.2, 0) is 14.3 Å². The molecular weight excluding hydrogens is 216 g/mol. The summed E-state index contributed by atoms with van der Waals surface area (Å²) in [5.74, 6) is -0.325. The highest BCUT2D eigenvalue weighted by Gasteiger charge is 2.18. The van der Waals surface area contributed by atoms with Gasteiger partial charge in [-0.3, -0.25) is 9.59 Å². The monoisotopic (exact) mass is 242 g/mol. The van der Waals surface area contributed by atoms with E-state index in [1.165, 1.54) is 32.8 Å². The van der Waals surface area contributed by atoms with Crippen LogP contribution < -0.4 is 0 Å². The van der Waals surface area contributed by atoms with E-state index in [0.29, 0.717) is 0 Å². The summed E-state index contributed by atoms with van der Waals surface area (Å²) in [6.07, 6.45) is 8.29. The van der Waals surface area contributed by atoms with Crippen molar-refractivity contribution in [3.8, 4) is 0 Å². The van der Waals surface area contributed by atoms with Crippen LogP contribution in [0.4, 0.5) is 0 Å². The van der Waals surface area contributed by atoms with Crippen molar-refractivity contribution in [2.24, 2.45) is 5.92 Å². The van der Waals surface area contributed by atoms with Crippen molar-refractivity contribution in [1.82, 2.24) is 0 Å². The highest BCUT2D eigenvalue weighted by molar-refractivity contribution is 5.83. The van der Waals surface area contributed by atoms with Gasteiger partial charge in [-0.15, -0.1) is 0 Å². The Morgan fingerprint density at radius 2 is 1.65 bits per heavy atom. The van der Waals surface area contributed by atoms with Crippen LogP contribution in [0.25, 0.3) is 0 Å². The predicted octanol–water partition coefficient (Wildman–Crippen LogP) is 3.51. The smallest absolute Gasteiger partial charge is 0.306 e. The highest BCUT2D eigenvalue weighted by atomic mass is 16.5. The molecule has 1 atom stereocenters. The SMILES string of the molecule is CCCCCCCCC(CC(=O)OC)C(C)=O. The third kappa shape index (κ3) is 8.90. The van der Waals surface area contributed by atoms with E-state index in [0.717, 1.165) is 19.3 Å². The summed E-state index contributed by atoms with van der Waals surface area (Å²) >= 11 is 0. The molecule has 0 aliphatic carbocycles. The molecule has 0 spiro atoms. The Balaban J connectivity index is 3.71. The van der Waals surface area contributed by atoms with Crippen LogP contribution >= 0.6 is 0 Å². The van der Waals surface area contributed by atoms with Crippen molar-refractivity contribution >= 4 is 11.8 Å². The van der Waals surface area contributed by atoms with Crippen LogP contribution in [0.15, 0.2) is 0 Å². The maximum atomic E-state index is 11.4. The molecule has 0 aromatic heterocycles. The normalized spacial score (nSPS) is 12.2. The summed E-state index contributed by atoms with van der Waals surface area (Å²) in [6, 6.07) is 0. The molecule has 0 saturated carbocycles. The summed E-state index contributed by atoms with van der Waals surface area (Å²) < 4.78 is 4.60. The first kappa shape index (κ1) is 16.1. The molecule has 3 nitrogen and oxygen atoms in total. The third-order valence-electron chi connectivity index (χ3n) is 3.12. The fourth-order valence-electron chi connectivity index (χ4n) is 1.90. The van der Waals surface area contributed by atoms with Gasteiger partial charge in [0.15, 0.2) is 0 Å². The number of hydrogen-bond acceptors (Lipinski definition) is 3. The van der Waals surface area contributed by atoms with Crippen molar-refractivity contribution < 1.29 is 14.3 Å². The van der Waals surface area contributed by atoms with Gasteiger partial charge in [-0.25, -0.2) is 0 Å². The number of ether oxygens (including phenoxy) is 1. The van der Waals surface area contributed by atoms with Crippen molar-refractivity contribution in [3.63, 3.8) is 0 Å². The Bertz CT molecular complexity index is 224. The quantitative estimate of drug-likeness (QED) is 0.435. The second-order valence-corrected chi connectivity index (χ2v) is 4.64. The van der Waals surface area contributed by atoms with Gasteiger partial charge in [0.25, 0.3) is 0 Å². The third-order valence-corrected chi connectivity index (χ3v) is 3.12. The zero-order valence-corrected chi connectivity index (χ0v) is 11.5. The van der Waals surface area contributed by atoms with E-state index in [-0.39, 0.29) is 24.1 Å². The molecule has 0 N–H and O–H groups in total. The van der Waals surface area contributed by atoms with Gasteiger partial charge in [-0.2, -0.15) is 0 Å². The second-order valence-electron chi connectivity index (χ2n) is 4.64. The minimum Gasteiger partial charge on any atom is -0.469 e. The second kappa shape index (κ2) is 10.3. The molecule has 0 bridgehead atoms. The van der Waals surface area contributed by atoms with E-state index in [1.807, 2.05) is 0 Å². The number of hydrogen-bond donors (Lipinski definition) is 0. The highest BCUT2D eigenvalue weighted by Crippen LogP contribution is 2.16. The number of carbonyl (C=O) groups is 2. The molecule has 100 valence electrons. The van der Waals surface area contributed by atoms with E-state index < -0.39 is 0 Å². The minimum absolute atomic E-state index is 0.101. The van der Waals surface area contributed by atoms with Crippen molar-refractivity contribution in [2.75, 3.05) is 7.11 Å². The van der Waals surface area contributed by atoms with Crippen molar-refractivity contribution in [1.29, 1.82) is 0 Å². The average molecular weight is 242 g/mol. The van der Waals surface area contributed by atoms with Crippen molar-refractivity contribution in [2.45, 2.75) is 65.2 Å². The Labute approximate surface area is 105 Å². The lowest BCUT2D eigenvalue weighted by Crippen LogP contribution is -2.16. The Hall–Kier alpha value is -0.860. The molecule has 0 aliphatic rings. The molecule has 0 amide bonds. The standard InChI is InChI=1S/C14H26O3/c1-4-5-6-7-8-9-10-13(12(2)15)11-14(16)17-3/h13H,4-11H2,1-3H3. The molecule has 0 aromatic rings. The molecule has 0 aromatic carbocycles. The van der Waals surface area contributed by atoms with E-state index >= 15 is 0 Å². The maximum absolute atomic E-state index is 11.4. The fourth-order valence-corrected chi connectivity index (χ4v) is 1.90. The molecule has 0 aliphatic heterocycles. The number of methoxy groups -OCH3 is 1. The van der Waals surface area contributed by atoms with Crippen LogP contribution in [0.1, 0.15) is 65.2 Å². The number of unbranched alkanes of at least 4 members (excludes halogenated alkanes) is 5. The molecule has 0 fully saturated rings. The predicted molar refractivity (Wildman–Crippen MR) is 68.8 cm³/mol. The van der Waals surface area contributed by atoms with Gasteiger partial charge in [-0.05, 0) is 13.3 Å². The van der Waals surface area contributed by atoms with E-state index in [1.54, 1.807) is 6.92 Å². The van der Waals surface area contributed by atoms with Crippen LogP contribution in [0, 0.1) is 5.92 Å². The summed E-state index contributed by atoms with van der Waals surface area (Å²) in [7, 11) is 1.37. The maximum Gasteiger partial charge on any atom is 0.306 e. The summed E-state index contributed by atoms with van der Waals surface area (Å²) in [4.78, 5) is 22.5. The lowest BCUT2D eigenvalue weighted by atomic mass is 9.94. The van der Waals surface area contributed by atoms with E-state index in [9.17, 15) is 9.59 Å². The lowest BCUT2D eigenvalue weighted by Gasteiger charge is -2.11. The molecule has 17 heavy (non-hydrogen) atoms. The minimum atomic E-state index is -0.281. The first-order valence-electron chi connectivity index (χ1n) is 6.69. The van der Waals surface area contributed by atoms with Crippen LogP contribution in [0.3, 0.4) is 0 Å². The van der Waals surface area contributed by atoms with Crippen LogP contribution in [0.2, 0.25) is 0 Å². The summed E-state index contributed by atoms with van der Waals surface area (Å²) in [6.45, 7) is 3.76. The van der Waals surface area contributed by atoms with Gasteiger partial charge in [0.1, 0.15) is 5.78 Å². The zero-order chi connectivity index (χ0) is 13.1. The van der Waals surface area contributed by atoms with Gasteiger partial charge >= 0.3 is 5.97 Å². The molecule has 0 radical (unpaired) electrons. The molecule has 0 rings (SSSR count). The zero-order valence-electron chi connectivity index (χ0n) is 11.5. The molecule has 3 heteroatoms. The van der Waals surface area contributed by atoms with Gasteiger partial charge in [-0.1, -0.05) is 45.4 Å². The van der Waals surface area contributed by atoms with Gasteiger partial charge in [0.05, 0.1) is 13.5 Å². The Kier molecular flexibility index (Phi) is 9.78. The average Bonchev–Trinajstić information content (AvgIpc) is 2.31. The number of esters is 1. The number of rotatable bonds is 10. The lowest BCUT2D eigenvalue weighted by molar-refractivity contribution is -0.143. The molecule has 1 unspecified atom stereocenters. The Morgan fingerprint density at radius 1 is 1.06 bits per heavy atom. The molecule has 0 saturated heterocycles.